The van der Waals surface area contributed by atoms with Gasteiger partial charge in [-0.05, 0) is 49.9 Å². The van der Waals surface area contributed by atoms with Gasteiger partial charge in [-0.1, -0.05) is 24.3 Å². The van der Waals surface area contributed by atoms with E-state index in [1.54, 1.807) is 0 Å². The maximum Gasteiger partial charge on any atom is 0.0599 e. The second-order valence-corrected chi connectivity index (χ2v) is 5.97. The summed E-state index contributed by atoms with van der Waals surface area (Å²) in [6.45, 7) is 6.64. The van der Waals surface area contributed by atoms with Gasteiger partial charge in [-0.15, -0.1) is 0 Å². The Labute approximate surface area is 122 Å². The fourth-order valence-electron chi connectivity index (χ4n) is 3.25. The van der Waals surface area contributed by atoms with Crippen molar-refractivity contribution in [1.82, 2.24) is 10.2 Å². The van der Waals surface area contributed by atoms with E-state index in [-0.39, 0.29) is 0 Å². The topological polar surface area (TPSA) is 24.5 Å². The highest BCUT2D eigenvalue weighted by Crippen LogP contribution is 2.18. The van der Waals surface area contributed by atoms with E-state index in [2.05, 4.69) is 34.5 Å². The van der Waals surface area contributed by atoms with Gasteiger partial charge in [0.25, 0.3) is 0 Å². The lowest BCUT2D eigenvalue weighted by atomic mass is 10.00. The highest BCUT2D eigenvalue weighted by molar-refractivity contribution is 5.28. The lowest BCUT2D eigenvalue weighted by Crippen LogP contribution is -2.34. The molecule has 20 heavy (non-hydrogen) atoms. The van der Waals surface area contributed by atoms with Gasteiger partial charge in [-0.3, -0.25) is 4.90 Å². The standard InChI is InChI=1S/C17H26N2O/c1-2-5-16-14-19(12-8-15(16)4-1)11-3-13-20-17-6-9-18-10-7-17/h1-2,4-5,17-18H,3,6-14H2. The molecule has 1 N–H and O–H groups in total. The summed E-state index contributed by atoms with van der Waals surface area (Å²) in [5, 5.41) is 3.38. The number of rotatable bonds is 5. The van der Waals surface area contributed by atoms with Crippen LogP contribution < -0.4 is 5.32 Å². The summed E-state index contributed by atoms with van der Waals surface area (Å²) >= 11 is 0. The van der Waals surface area contributed by atoms with E-state index >= 15 is 0 Å². The van der Waals surface area contributed by atoms with Gasteiger partial charge in [-0.25, -0.2) is 0 Å². The zero-order valence-corrected chi connectivity index (χ0v) is 12.3. The number of piperidine rings is 1. The summed E-state index contributed by atoms with van der Waals surface area (Å²) in [6, 6.07) is 8.85. The van der Waals surface area contributed by atoms with Crippen LogP contribution >= 0.6 is 0 Å². The summed E-state index contributed by atoms with van der Waals surface area (Å²) in [4.78, 5) is 2.56. The molecule has 0 aromatic heterocycles. The zero-order valence-electron chi connectivity index (χ0n) is 12.3. The molecule has 0 aliphatic carbocycles. The number of hydrogen-bond donors (Lipinski definition) is 1. The smallest absolute Gasteiger partial charge is 0.0599 e. The van der Waals surface area contributed by atoms with E-state index in [0.717, 1.165) is 32.7 Å². The van der Waals surface area contributed by atoms with Gasteiger partial charge in [0, 0.05) is 26.2 Å². The number of benzene rings is 1. The molecule has 0 bridgehead atoms. The average Bonchev–Trinajstić information content (AvgIpc) is 2.52. The third kappa shape index (κ3) is 3.81. The molecule has 3 nitrogen and oxygen atoms in total. The van der Waals surface area contributed by atoms with Crippen LogP contribution in [-0.2, 0) is 17.7 Å². The van der Waals surface area contributed by atoms with E-state index in [0.29, 0.717) is 6.10 Å². The molecule has 2 heterocycles. The van der Waals surface area contributed by atoms with Gasteiger partial charge < -0.3 is 10.1 Å². The van der Waals surface area contributed by atoms with Crippen molar-refractivity contribution < 1.29 is 4.74 Å². The monoisotopic (exact) mass is 274 g/mol. The van der Waals surface area contributed by atoms with Crippen molar-refractivity contribution in [2.45, 2.75) is 38.3 Å². The van der Waals surface area contributed by atoms with Crippen molar-refractivity contribution in [1.29, 1.82) is 0 Å². The number of hydrogen-bond acceptors (Lipinski definition) is 3. The van der Waals surface area contributed by atoms with E-state index < -0.39 is 0 Å². The van der Waals surface area contributed by atoms with E-state index in [9.17, 15) is 0 Å². The fourth-order valence-corrected chi connectivity index (χ4v) is 3.25. The summed E-state index contributed by atoms with van der Waals surface area (Å²) in [5.74, 6) is 0. The van der Waals surface area contributed by atoms with Gasteiger partial charge >= 0.3 is 0 Å². The third-order valence-electron chi connectivity index (χ3n) is 4.47. The minimum Gasteiger partial charge on any atom is -0.378 e. The molecule has 110 valence electrons. The Morgan fingerprint density at radius 2 is 1.95 bits per heavy atom. The molecule has 1 fully saturated rings. The highest BCUT2D eigenvalue weighted by Gasteiger charge is 2.16. The van der Waals surface area contributed by atoms with Crippen molar-refractivity contribution in [2.75, 3.05) is 32.8 Å². The van der Waals surface area contributed by atoms with Crippen molar-refractivity contribution in [3.05, 3.63) is 35.4 Å². The molecule has 3 heteroatoms. The molecule has 1 aromatic rings. The Balaban J connectivity index is 1.35. The van der Waals surface area contributed by atoms with Crippen LogP contribution in [0.25, 0.3) is 0 Å². The molecule has 0 atom stereocenters. The molecule has 0 spiro atoms. The first-order valence-corrected chi connectivity index (χ1v) is 8.03. The van der Waals surface area contributed by atoms with Crippen LogP contribution in [0.2, 0.25) is 0 Å². The quantitative estimate of drug-likeness (QED) is 0.833. The second-order valence-electron chi connectivity index (χ2n) is 5.97. The van der Waals surface area contributed by atoms with Crippen LogP contribution in [-0.4, -0.2) is 43.8 Å². The van der Waals surface area contributed by atoms with Gasteiger partial charge in [0.05, 0.1) is 6.10 Å². The fraction of sp³-hybridized carbons (Fsp3) is 0.647. The summed E-state index contributed by atoms with van der Waals surface area (Å²) < 4.78 is 5.98. The first-order valence-electron chi connectivity index (χ1n) is 8.03. The van der Waals surface area contributed by atoms with E-state index in [1.807, 2.05) is 0 Å². The van der Waals surface area contributed by atoms with Crippen LogP contribution in [0.15, 0.2) is 24.3 Å². The first kappa shape index (κ1) is 14.1. The number of fused-ring (bicyclic) bond motifs is 1. The van der Waals surface area contributed by atoms with Crippen molar-refractivity contribution >= 4 is 0 Å². The molecule has 0 saturated carbocycles. The lowest BCUT2D eigenvalue weighted by molar-refractivity contribution is 0.0272. The molecular weight excluding hydrogens is 248 g/mol. The Morgan fingerprint density at radius 1 is 1.15 bits per heavy atom. The van der Waals surface area contributed by atoms with Crippen LogP contribution in [0, 0.1) is 0 Å². The first-order chi connectivity index (χ1) is 9.92. The maximum atomic E-state index is 5.98. The minimum absolute atomic E-state index is 0.498. The Bertz CT molecular complexity index is 415. The van der Waals surface area contributed by atoms with Gasteiger partial charge in [0.2, 0.25) is 0 Å². The molecule has 0 radical (unpaired) electrons. The predicted octanol–water partition coefficient (Wildman–Crippen LogP) is 2.20. The predicted molar refractivity (Wildman–Crippen MR) is 81.9 cm³/mol. The lowest BCUT2D eigenvalue weighted by Gasteiger charge is -2.29. The van der Waals surface area contributed by atoms with Crippen molar-refractivity contribution in [3.8, 4) is 0 Å². The molecular formula is C17H26N2O. The summed E-state index contributed by atoms with van der Waals surface area (Å²) in [7, 11) is 0. The number of nitrogens with zero attached hydrogens (tertiary/aromatic N) is 1. The normalized spacial score (nSPS) is 20.8. The minimum atomic E-state index is 0.498. The molecule has 2 aliphatic heterocycles. The SMILES string of the molecule is c1ccc2c(c1)CCN(CCCOC1CCNCC1)C2. The molecule has 3 rings (SSSR count). The Morgan fingerprint density at radius 3 is 2.80 bits per heavy atom. The van der Waals surface area contributed by atoms with Gasteiger partial charge in [-0.2, -0.15) is 0 Å². The van der Waals surface area contributed by atoms with Crippen LogP contribution in [0.1, 0.15) is 30.4 Å². The zero-order chi connectivity index (χ0) is 13.6. The van der Waals surface area contributed by atoms with E-state index in [4.69, 9.17) is 4.74 Å². The van der Waals surface area contributed by atoms with Crippen LogP contribution in [0.3, 0.4) is 0 Å². The van der Waals surface area contributed by atoms with Crippen molar-refractivity contribution in [2.24, 2.45) is 0 Å². The molecule has 2 aliphatic rings. The Kier molecular flexibility index (Phi) is 5.06. The average molecular weight is 274 g/mol. The van der Waals surface area contributed by atoms with Gasteiger partial charge in [0.15, 0.2) is 0 Å². The largest absolute Gasteiger partial charge is 0.378 e. The molecule has 0 amide bonds. The molecule has 0 unspecified atom stereocenters. The second kappa shape index (κ2) is 7.21. The van der Waals surface area contributed by atoms with E-state index in [1.165, 1.54) is 43.5 Å². The van der Waals surface area contributed by atoms with Crippen LogP contribution in [0.4, 0.5) is 0 Å². The summed E-state index contributed by atoms with van der Waals surface area (Å²) in [5.41, 5.74) is 3.05. The van der Waals surface area contributed by atoms with Gasteiger partial charge in [0.1, 0.15) is 0 Å². The van der Waals surface area contributed by atoms with Crippen LogP contribution in [0.5, 0.6) is 0 Å². The third-order valence-corrected chi connectivity index (χ3v) is 4.47. The van der Waals surface area contributed by atoms with Crippen molar-refractivity contribution in [3.63, 3.8) is 0 Å². The highest BCUT2D eigenvalue weighted by atomic mass is 16.5. The number of nitrogens with one attached hydrogen (secondary N) is 1. The maximum absolute atomic E-state index is 5.98. The number of ether oxygens (including phenoxy) is 1. The summed E-state index contributed by atoms with van der Waals surface area (Å²) in [6.07, 6.45) is 5.21. The molecule has 1 aromatic carbocycles. The molecule has 1 saturated heterocycles. The Hall–Kier alpha value is -0.900.